The Morgan fingerprint density at radius 3 is 2.68 bits per heavy atom. The molecular formula is C26H23N3O4S. The van der Waals surface area contributed by atoms with Crippen LogP contribution in [0, 0.1) is 11.3 Å². The molecular weight excluding hydrogens is 450 g/mol. The van der Waals surface area contributed by atoms with Gasteiger partial charge in [-0.2, -0.15) is 5.26 Å². The van der Waals surface area contributed by atoms with Gasteiger partial charge in [0.25, 0.3) is 0 Å². The van der Waals surface area contributed by atoms with Crippen LogP contribution in [0.1, 0.15) is 16.7 Å². The number of para-hydroxylation sites is 1. The van der Waals surface area contributed by atoms with Crippen molar-refractivity contribution in [1.29, 1.82) is 5.26 Å². The Hall–Kier alpha value is -3.64. The van der Waals surface area contributed by atoms with Gasteiger partial charge >= 0.3 is 0 Å². The number of nitrogens with one attached hydrogen (secondary N) is 2. The van der Waals surface area contributed by atoms with E-state index < -0.39 is 16.1 Å². The van der Waals surface area contributed by atoms with Gasteiger partial charge in [0.05, 0.1) is 24.8 Å². The van der Waals surface area contributed by atoms with Gasteiger partial charge in [0, 0.05) is 29.6 Å². The van der Waals surface area contributed by atoms with E-state index in [0.29, 0.717) is 30.8 Å². The van der Waals surface area contributed by atoms with Crippen LogP contribution in [0.25, 0.3) is 22.0 Å². The standard InChI is InChI=1S/C26H23N3O4S/c27-14-17-5-7-18(8-6-17)20-11-19-9-10-33-26(19)25(13-20)34(31,32)29-22(16-30)12-21-15-28-24-4-2-1-3-23(21)24/h1-8,11,13,15,22,28-30H,9-10,12,16H2/t22-/m1/s1. The van der Waals surface area contributed by atoms with Crippen LogP contribution in [0.15, 0.2) is 71.8 Å². The summed E-state index contributed by atoms with van der Waals surface area (Å²) in [5, 5.41) is 20.0. The van der Waals surface area contributed by atoms with Gasteiger partial charge in [0.15, 0.2) is 0 Å². The van der Waals surface area contributed by atoms with Gasteiger partial charge in [-0.1, -0.05) is 30.3 Å². The number of aliphatic hydroxyl groups excluding tert-OH is 1. The Bertz CT molecular complexity index is 1500. The second-order valence-electron chi connectivity index (χ2n) is 8.31. The average Bonchev–Trinajstić information content (AvgIpc) is 3.50. The van der Waals surface area contributed by atoms with E-state index in [1.54, 1.807) is 30.3 Å². The van der Waals surface area contributed by atoms with Crippen LogP contribution in [-0.2, 0) is 22.9 Å². The maximum Gasteiger partial charge on any atom is 0.244 e. The van der Waals surface area contributed by atoms with Crippen LogP contribution < -0.4 is 9.46 Å². The molecule has 0 spiro atoms. The number of fused-ring (bicyclic) bond motifs is 2. The Kier molecular flexibility index (Phi) is 5.84. The number of aliphatic hydroxyl groups is 1. The molecule has 0 bridgehead atoms. The zero-order valence-electron chi connectivity index (χ0n) is 18.3. The minimum atomic E-state index is -3.99. The number of rotatable bonds is 7. The number of aromatic amines is 1. The lowest BCUT2D eigenvalue weighted by Gasteiger charge is -2.18. The fourth-order valence-corrected chi connectivity index (χ4v) is 5.81. The first kappa shape index (κ1) is 22.2. The monoisotopic (exact) mass is 473 g/mol. The van der Waals surface area contributed by atoms with Gasteiger partial charge in [-0.05, 0) is 59.0 Å². The number of hydrogen-bond acceptors (Lipinski definition) is 5. The molecule has 1 aromatic heterocycles. The van der Waals surface area contributed by atoms with Gasteiger partial charge in [0.1, 0.15) is 10.6 Å². The Morgan fingerprint density at radius 1 is 1.12 bits per heavy atom. The minimum Gasteiger partial charge on any atom is -0.492 e. The third-order valence-corrected chi connectivity index (χ3v) is 7.60. The molecule has 0 aliphatic carbocycles. The van der Waals surface area contributed by atoms with E-state index in [4.69, 9.17) is 10.00 Å². The molecule has 0 radical (unpaired) electrons. The van der Waals surface area contributed by atoms with Gasteiger partial charge in [-0.3, -0.25) is 0 Å². The molecule has 0 saturated carbocycles. The molecule has 1 atom stereocenters. The van der Waals surface area contributed by atoms with Crippen molar-refractivity contribution in [3.63, 3.8) is 0 Å². The number of nitrogens with zero attached hydrogens (tertiary/aromatic N) is 1. The molecule has 0 saturated heterocycles. The lowest BCUT2D eigenvalue weighted by atomic mass is 10.0. The van der Waals surface area contributed by atoms with Crippen LogP contribution in [0.4, 0.5) is 0 Å². The maximum absolute atomic E-state index is 13.5. The SMILES string of the molecule is N#Cc1ccc(-c2cc3c(c(S(=O)(=O)N[C@@H](CO)Cc4c[nH]c5ccccc45)c2)OCC3)cc1. The summed E-state index contributed by atoms with van der Waals surface area (Å²) in [4.78, 5) is 3.24. The molecule has 2 heterocycles. The van der Waals surface area contributed by atoms with Crippen molar-refractivity contribution in [3.8, 4) is 22.9 Å². The van der Waals surface area contributed by atoms with Crippen molar-refractivity contribution in [2.45, 2.75) is 23.8 Å². The number of sulfonamides is 1. The first-order valence-electron chi connectivity index (χ1n) is 11.0. The normalized spacial score (nSPS) is 13.9. The van der Waals surface area contributed by atoms with Gasteiger partial charge < -0.3 is 14.8 Å². The molecule has 3 aromatic carbocycles. The van der Waals surface area contributed by atoms with Gasteiger partial charge in [-0.25, -0.2) is 13.1 Å². The van der Waals surface area contributed by atoms with Crippen molar-refractivity contribution in [1.82, 2.24) is 9.71 Å². The molecule has 4 aromatic rings. The van der Waals surface area contributed by atoms with E-state index in [9.17, 15) is 13.5 Å². The van der Waals surface area contributed by atoms with E-state index in [-0.39, 0.29) is 11.5 Å². The first-order chi connectivity index (χ1) is 16.5. The highest BCUT2D eigenvalue weighted by Crippen LogP contribution is 2.37. The lowest BCUT2D eigenvalue weighted by Crippen LogP contribution is -2.39. The summed E-state index contributed by atoms with van der Waals surface area (Å²) in [5.41, 5.74) is 4.77. The van der Waals surface area contributed by atoms with E-state index in [0.717, 1.165) is 33.2 Å². The molecule has 7 nitrogen and oxygen atoms in total. The summed E-state index contributed by atoms with van der Waals surface area (Å²) in [6, 6.07) is 19.7. The van der Waals surface area contributed by atoms with E-state index >= 15 is 0 Å². The number of nitriles is 1. The van der Waals surface area contributed by atoms with Crippen LogP contribution in [0.5, 0.6) is 5.75 Å². The number of ether oxygens (including phenoxy) is 1. The molecule has 1 aliphatic heterocycles. The second-order valence-corrected chi connectivity index (χ2v) is 10.00. The van der Waals surface area contributed by atoms with Gasteiger partial charge in [0.2, 0.25) is 10.0 Å². The quantitative estimate of drug-likeness (QED) is 0.380. The smallest absolute Gasteiger partial charge is 0.244 e. The highest BCUT2D eigenvalue weighted by molar-refractivity contribution is 7.89. The maximum atomic E-state index is 13.5. The van der Waals surface area contributed by atoms with Crippen LogP contribution in [0.2, 0.25) is 0 Å². The van der Waals surface area contributed by atoms with Crippen LogP contribution >= 0.6 is 0 Å². The fraction of sp³-hybridized carbons (Fsp3) is 0.192. The van der Waals surface area contributed by atoms with E-state index in [2.05, 4.69) is 15.8 Å². The topological polar surface area (TPSA) is 115 Å². The summed E-state index contributed by atoms with van der Waals surface area (Å²) in [6.45, 7) is 0.0601. The molecule has 3 N–H and O–H groups in total. The zero-order valence-corrected chi connectivity index (χ0v) is 19.1. The minimum absolute atomic E-state index is 0.0548. The summed E-state index contributed by atoms with van der Waals surface area (Å²) >= 11 is 0. The first-order valence-corrected chi connectivity index (χ1v) is 12.5. The Labute approximate surface area is 197 Å². The molecule has 34 heavy (non-hydrogen) atoms. The number of hydrogen-bond donors (Lipinski definition) is 3. The summed E-state index contributed by atoms with van der Waals surface area (Å²) in [7, 11) is -3.99. The predicted octanol–water partition coefficient (Wildman–Crippen LogP) is 3.52. The number of benzene rings is 3. The Morgan fingerprint density at radius 2 is 1.91 bits per heavy atom. The third-order valence-electron chi connectivity index (χ3n) is 6.07. The molecule has 172 valence electrons. The van der Waals surface area contributed by atoms with Crippen molar-refractivity contribution in [3.05, 3.63) is 83.6 Å². The van der Waals surface area contributed by atoms with Crippen molar-refractivity contribution >= 4 is 20.9 Å². The largest absolute Gasteiger partial charge is 0.492 e. The Balaban J connectivity index is 1.47. The highest BCUT2D eigenvalue weighted by Gasteiger charge is 2.29. The molecule has 0 fully saturated rings. The second kappa shape index (κ2) is 8.95. The van der Waals surface area contributed by atoms with E-state index in [1.165, 1.54) is 0 Å². The van der Waals surface area contributed by atoms with Crippen LogP contribution in [0.3, 0.4) is 0 Å². The number of aromatic nitrogens is 1. The fourth-order valence-electron chi connectivity index (χ4n) is 4.37. The summed E-state index contributed by atoms with van der Waals surface area (Å²) < 4.78 is 35.3. The molecule has 8 heteroatoms. The molecule has 5 rings (SSSR count). The average molecular weight is 474 g/mol. The van der Waals surface area contributed by atoms with Crippen molar-refractivity contribution < 1.29 is 18.3 Å². The molecule has 1 aliphatic rings. The predicted molar refractivity (Wildman–Crippen MR) is 129 cm³/mol. The zero-order chi connectivity index (χ0) is 23.7. The van der Waals surface area contributed by atoms with Gasteiger partial charge in [-0.15, -0.1) is 0 Å². The van der Waals surface area contributed by atoms with E-state index in [1.807, 2.05) is 36.5 Å². The van der Waals surface area contributed by atoms with Crippen molar-refractivity contribution in [2.24, 2.45) is 0 Å². The summed E-state index contributed by atoms with van der Waals surface area (Å²) in [5.74, 6) is 0.355. The van der Waals surface area contributed by atoms with Crippen LogP contribution in [-0.4, -0.2) is 37.8 Å². The van der Waals surface area contributed by atoms with Crippen molar-refractivity contribution in [2.75, 3.05) is 13.2 Å². The third kappa shape index (κ3) is 4.17. The summed E-state index contributed by atoms with van der Waals surface area (Å²) in [6.07, 6.45) is 2.78. The molecule has 0 amide bonds. The number of H-pyrrole nitrogens is 1. The highest BCUT2D eigenvalue weighted by atomic mass is 32.2. The molecule has 0 unspecified atom stereocenters. The lowest BCUT2D eigenvalue weighted by molar-refractivity contribution is 0.256.